The first-order chi connectivity index (χ1) is 12.3. The van der Waals surface area contributed by atoms with E-state index in [1.165, 1.54) is 5.56 Å². The van der Waals surface area contributed by atoms with Gasteiger partial charge in [0.2, 0.25) is 5.91 Å². The van der Waals surface area contributed by atoms with Crippen molar-refractivity contribution in [2.24, 2.45) is 11.1 Å². The number of nitrogens with zero attached hydrogens (tertiary/aromatic N) is 2. The smallest absolute Gasteiger partial charge is 0.274 e. The summed E-state index contributed by atoms with van der Waals surface area (Å²) in [5, 5.41) is 0.869. The molecule has 2 aliphatic rings. The van der Waals surface area contributed by atoms with Crippen LogP contribution in [0.4, 0.5) is 0 Å². The molecular weight excluding hydrogens is 346 g/mol. The summed E-state index contributed by atoms with van der Waals surface area (Å²) in [6, 6.07) is 6.06. The van der Waals surface area contributed by atoms with Gasteiger partial charge in [-0.15, -0.1) is 11.3 Å². The molecule has 3 atom stereocenters. The van der Waals surface area contributed by atoms with Crippen LogP contribution < -0.4 is 5.73 Å². The van der Waals surface area contributed by atoms with Crippen molar-refractivity contribution in [3.05, 3.63) is 40.0 Å². The van der Waals surface area contributed by atoms with Gasteiger partial charge < -0.3 is 10.6 Å². The van der Waals surface area contributed by atoms with Crippen LogP contribution in [0.2, 0.25) is 0 Å². The van der Waals surface area contributed by atoms with E-state index < -0.39 is 5.41 Å². The molecule has 2 fully saturated rings. The van der Waals surface area contributed by atoms with E-state index in [0.29, 0.717) is 18.5 Å². The van der Waals surface area contributed by atoms with Crippen molar-refractivity contribution in [3.63, 3.8) is 0 Å². The summed E-state index contributed by atoms with van der Waals surface area (Å²) in [4.78, 5) is 32.6. The second-order valence-electron chi connectivity index (χ2n) is 7.66. The minimum atomic E-state index is -0.514. The number of carbonyl (C=O) groups is 2. The van der Waals surface area contributed by atoms with E-state index in [-0.39, 0.29) is 23.9 Å². The van der Waals surface area contributed by atoms with Gasteiger partial charge in [-0.3, -0.25) is 9.59 Å². The standard InChI is InChI=1S/C20H23N3O2S/c1-10-6-5-7-14(12(10)3)17-16(22-13(4)26-17)18(24)23-11(2)8-20(19(21)25)9-15(20)23/h5-7,11,15H,8-9H2,1-4H3,(H2,21,25)/t11-,15-,20+/m0/s1. The summed E-state index contributed by atoms with van der Waals surface area (Å²) in [5.41, 5.74) is 9.01. The summed E-state index contributed by atoms with van der Waals surface area (Å²) in [6.07, 6.45) is 1.33. The Morgan fingerprint density at radius 1 is 1.27 bits per heavy atom. The second-order valence-corrected chi connectivity index (χ2v) is 8.87. The van der Waals surface area contributed by atoms with Gasteiger partial charge in [0.1, 0.15) is 5.69 Å². The van der Waals surface area contributed by atoms with E-state index in [0.717, 1.165) is 21.0 Å². The lowest BCUT2D eigenvalue weighted by Crippen LogP contribution is -2.37. The minimum absolute atomic E-state index is 0.00205. The number of rotatable bonds is 3. The minimum Gasteiger partial charge on any atom is -0.369 e. The van der Waals surface area contributed by atoms with E-state index in [4.69, 9.17) is 5.73 Å². The molecule has 1 aliphatic heterocycles. The maximum atomic E-state index is 13.4. The Labute approximate surface area is 157 Å². The quantitative estimate of drug-likeness (QED) is 0.902. The van der Waals surface area contributed by atoms with Crippen LogP contribution in [0.25, 0.3) is 10.4 Å². The first-order valence-corrected chi connectivity index (χ1v) is 9.74. The van der Waals surface area contributed by atoms with Crippen LogP contribution in [0, 0.1) is 26.2 Å². The van der Waals surface area contributed by atoms with Gasteiger partial charge in [-0.25, -0.2) is 4.98 Å². The molecule has 136 valence electrons. The fourth-order valence-corrected chi connectivity index (χ4v) is 5.38. The monoisotopic (exact) mass is 369 g/mol. The third kappa shape index (κ3) is 2.31. The SMILES string of the molecule is Cc1nc(C(=O)N2[C@H]3C[C@]3(C(N)=O)C[C@@H]2C)c(-c2cccc(C)c2C)s1. The zero-order valence-electron chi connectivity index (χ0n) is 15.5. The number of piperidine rings is 1. The number of primary amides is 1. The van der Waals surface area contributed by atoms with Crippen molar-refractivity contribution in [1.82, 2.24) is 9.88 Å². The molecule has 2 N–H and O–H groups in total. The Morgan fingerprint density at radius 3 is 2.65 bits per heavy atom. The molecule has 0 bridgehead atoms. The highest BCUT2D eigenvalue weighted by Gasteiger charge is 2.68. The van der Waals surface area contributed by atoms with Crippen molar-refractivity contribution in [2.75, 3.05) is 0 Å². The normalized spacial score (nSPS) is 26.7. The molecule has 1 aromatic heterocycles. The van der Waals surface area contributed by atoms with Crippen LogP contribution in [0.5, 0.6) is 0 Å². The molecule has 6 heteroatoms. The number of likely N-dealkylation sites (tertiary alicyclic amines) is 1. The highest BCUT2D eigenvalue weighted by Crippen LogP contribution is 2.59. The summed E-state index contributed by atoms with van der Waals surface area (Å²) in [5.74, 6) is -0.364. The van der Waals surface area contributed by atoms with E-state index in [2.05, 4.69) is 24.9 Å². The first kappa shape index (κ1) is 17.2. The molecular formula is C20H23N3O2S. The number of fused-ring (bicyclic) bond motifs is 1. The average Bonchev–Trinajstić information content (AvgIpc) is 3.02. The number of nitrogens with two attached hydrogens (primary N) is 1. The number of thiazole rings is 1. The Morgan fingerprint density at radius 2 is 2.00 bits per heavy atom. The Balaban J connectivity index is 1.75. The molecule has 0 spiro atoms. The average molecular weight is 369 g/mol. The number of amides is 2. The lowest BCUT2D eigenvalue weighted by molar-refractivity contribution is -0.123. The topological polar surface area (TPSA) is 76.3 Å². The Hall–Kier alpha value is -2.21. The highest BCUT2D eigenvalue weighted by molar-refractivity contribution is 7.15. The molecule has 2 heterocycles. The van der Waals surface area contributed by atoms with Gasteiger partial charge in [0.15, 0.2) is 0 Å². The van der Waals surface area contributed by atoms with Gasteiger partial charge in [0.05, 0.1) is 15.3 Å². The predicted molar refractivity (Wildman–Crippen MR) is 102 cm³/mol. The van der Waals surface area contributed by atoms with Gasteiger partial charge in [-0.2, -0.15) is 0 Å². The molecule has 2 aromatic rings. The molecule has 1 aromatic carbocycles. The molecule has 1 aliphatic carbocycles. The summed E-state index contributed by atoms with van der Waals surface area (Å²) < 4.78 is 0. The molecule has 0 radical (unpaired) electrons. The van der Waals surface area contributed by atoms with Crippen molar-refractivity contribution in [3.8, 4) is 10.4 Å². The molecule has 2 amide bonds. The predicted octanol–water partition coefficient (Wildman–Crippen LogP) is 3.21. The fourth-order valence-electron chi connectivity index (χ4n) is 4.38. The van der Waals surface area contributed by atoms with Crippen molar-refractivity contribution in [1.29, 1.82) is 0 Å². The number of hydrogen-bond donors (Lipinski definition) is 1. The van der Waals surface area contributed by atoms with Crippen molar-refractivity contribution in [2.45, 2.75) is 52.6 Å². The van der Waals surface area contributed by atoms with E-state index >= 15 is 0 Å². The fraction of sp³-hybridized carbons (Fsp3) is 0.450. The van der Waals surface area contributed by atoms with Gasteiger partial charge in [-0.05, 0) is 57.2 Å². The van der Waals surface area contributed by atoms with E-state index in [1.54, 1.807) is 11.3 Å². The lowest BCUT2D eigenvalue weighted by atomic mass is 10.00. The van der Waals surface area contributed by atoms with E-state index in [1.807, 2.05) is 30.9 Å². The number of benzene rings is 1. The summed E-state index contributed by atoms with van der Waals surface area (Å²) in [7, 11) is 0. The van der Waals surface area contributed by atoms with Crippen LogP contribution >= 0.6 is 11.3 Å². The van der Waals surface area contributed by atoms with Gasteiger partial charge in [0.25, 0.3) is 5.91 Å². The first-order valence-electron chi connectivity index (χ1n) is 8.93. The van der Waals surface area contributed by atoms with Crippen LogP contribution in [0.3, 0.4) is 0 Å². The van der Waals surface area contributed by atoms with Crippen LogP contribution in [0.15, 0.2) is 18.2 Å². The zero-order chi connectivity index (χ0) is 18.8. The third-order valence-electron chi connectivity index (χ3n) is 6.02. The Kier molecular flexibility index (Phi) is 3.74. The van der Waals surface area contributed by atoms with Crippen molar-refractivity contribution >= 4 is 23.2 Å². The van der Waals surface area contributed by atoms with Crippen LogP contribution in [0.1, 0.15) is 46.4 Å². The number of carbonyl (C=O) groups excluding carboxylic acids is 2. The van der Waals surface area contributed by atoms with Crippen LogP contribution in [-0.2, 0) is 4.79 Å². The summed E-state index contributed by atoms with van der Waals surface area (Å²) >= 11 is 1.55. The third-order valence-corrected chi connectivity index (χ3v) is 7.02. The molecule has 0 unspecified atom stereocenters. The number of aryl methyl sites for hydroxylation is 2. The van der Waals surface area contributed by atoms with Crippen molar-refractivity contribution < 1.29 is 9.59 Å². The molecule has 26 heavy (non-hydrogen) atoms. The van der Waals surface area contributed by atoms with Gasteiger partial charge in [-0.1, -0.05) is 18.2 Å². The van der Waals surface area contributed by atoms with Gasteiger partial charge in [0, 0.05) is 12.1 Å². The van der Waals surface area contributed by atoms with Gasteiger partial charge >= 0.3 is 0 Å². The largest absolute Gasteiger partial charge is 0.369 e. The maximum absolute atomic E-state index is 13.4. The highest BCUT2D eigenvalue weighted by atomic mass is 32.1. The molecule has 1 saturated heterocycles. The Bertz CT molecular complexity index is 935. The zero-order valence-corrected chi connectivity index (χ0v) is 16.3. The molecule has 4 rings (SSSR count). The number of aromatic nitrogens is 1. The molecule has 5 nitrogen and oxygen atoms in total. The second kappa shape index (κ2) is 5.64. The van der Waals surface area contributed by atoms with Crippen LogP contribution in [-0.4, -0.2) is 33.8 Å². The lowest BCUT2D eigenvalue weighted by Gasteiger charge is -2.24. The maximum Gasteiger partial charge on any atom is 0.274 e. The van der Waals surface area contributed by atoms with E-state index in [9.17, 15) is 9.59 Å². The molecule has 1 saturated carbocycles. The summed E-state index contributed by atoms with van der Waals surface area (Å²) in [6.45, 7) is 8.06. The number of hydrogen-bond acceptors (Lipinski definition) is 4.